The Morgan fingerprint density at radius 1 is 1.12 bits per heavy atom. The minimum Gasteiger partial charge on any atom is -0.465 e. The molecule has 0 spiro atoms. The van der Waals surface area contributed by atoms with E-state index in [0.717, 1.165) is 0 Å². The molecule has 0 aromatic heterocycles. The van der Waals surface area contributed by atoms with E-state index in [1.807, 2.05) is 0 Å². The van der Waals surface area contributed by atoms with Crippen molar-refractivity contribution in [3.8, 4) is 0 Å². The van der Waals surface area contributed by atoms with Crippen LogP contribution in [-0.2, 0) is 19.1 Å². The molecule has 0 saturated carbocycles. The van der Waals surface area contributed by atoms with Gasteiger partial charge in [0.2, 0.25) is 11.8 Å². The molecule has 0 aliphatic heterocycles. The van der Waals surface area contributed by atoms with Crippen molar-refractivity contribution in [1.82, 2.24) is 4.90 Å². The summed E-state index contributed by atoms with van der Waals surface area (Å²) in [5, 5.41) is 2.68. The van der Waals surface area contributed by atoms with Crippen LogP contribution in [0.3, 0.4) is 0 Å². The summed E-state index contributed by atoms with van der Waals surface area (Å²) in [6, 6.07) is 6.61. The summed E-state index contributed by atoms with van der Waals surface area (Å²) >= 11 is 0. The smallest absolute Gasteiger partial charge is 0.339 e. The van der Waals surface area contributed by atoms with Crippen molar-refractivity contribution < 1.29 is 23.9 Å². The third kappa shape index (κ3) is 6.37. The quantitative estimate of drug-likeness (QED) is 0.548. The molecular formula is C17H24N2O5. The summed E-state index contributed by atoms with van der Waals surface area (Å²) in [7, 11) is 2.88. The summed E-state index contributed by atoms with van der Waals surface area (Å²) in [4.78, 5) is 37.0. The van der Waals surface area contributed by atoms with Gasteiger partial charge in [-0.15, -0.1) is 0 Å². The lowest BCUT2D eigenvalue weighted by atomic mass is 10.1. The number of hydrogen-bond acceptors (Lipinski definition) is 5. The Labute approximate surface area is 141 Å². The van der Waals surface area contributed by atoms with Crippen LogP contribution in [0.25, 0.3) is 0 Å². The SMILES string of the molecule is COCCCN(CCC(=O)Nc1ccccc1C(=O)OC)C(C)=O. The Kier molecular flexibility index (Phi) is 8.49. The van der Waals surface area contributed by atoms with Gasteiger partial charge in [-0.05, 0) is 18.6 Å². The number of carbonyl (C=O) groups is 3. The van der Waals surface area contributed by atoms with E-state index in [-0.39, 0.29) is 23.8 Å². The largest absolute Gasteiger partial charge is 0.465 e. The number of hydrogen-bond donors (Lipinski definition) is 1. The third-order valence-corrected chi connectivity index (χ3v) is 3.44. The highest BCUT2D eigenvalue weighted by molar-refractivity contribution is 6.01. The normalized spacial score (nSPS) is 10.1. The second-order valence-corrected chi connectivity index (χ2v) is 5.19. The van der Waals surface area contributed by atoms with Crippen molar-refractivity contribution in [1.29, 1.82) is 0 Å². The highest BCUT2D eigenvalue weighted by Crippen LogP contribution is 2.16. The number of ether oxygens (including phenoxy) is 2. The molecule has 0 unspecified atom stereocenters. The van der Waals surface area contributed by atoms with Crippen molar-refractivity contribution in [3.05, 3.63) is 29.8 Å². The molecule has 1 aromatic rings. The van der Waals surface area contributed by atoms with Gasteiger partial charge in [-0.25, -0.2) is 4.79 Å². The van der Waals surface area contributed by atoms with Crippen molar-refractivity contribution in [3.63, 3.8) is 0 Å². The summed E-state index contributed by atoms with van der Waals surface area (Å²) in [5.41, 5.74) is 0.681. The number of benzene rings is 1. The maximum Gasteiger partial charge on any atom is 0.339 e. The number of nitrogens with one attached hydrogen (secondary N) is 1. The van der Waals surface area contributed by atoms with Crippen LogP contribution in [0, 0.1) is 0 Å². The average Bonchev–Trinajstić information content (AvgIpc) is 2.57. The van der Waals surface area contributed by atoms with Gasteiger partial charge in [0.05, 0.1) is 18.4 Å². The molecule has 0 aliphatic rings. The summed E-state index contributed by atoms with van der Waals surface area (Å²) in [5.74, 6) is -0.881. The Bertz CT molecular complexity index is 574. The first-order valence-electron chi connectivity index (χ1n) is 7.71. The molecule has 0 atom stereocenters. The van der Waals surface area contributed by atoms with Crippen molar-refractivity contribution in [2.24, 2.45) is 0 Å². The molecule has 7 nitrogen and oxygen atoms in total. The first-order chi connectivity index (χ1) is 11.5. The van der Waals surface area contributed by atoms with Gasteiger partial charge in [0.1, 0.15) is 0 Å². The molecule has 0 fully saturated rings. The fourth-order valence-electron chi connectivity index (χ4n) is 2.16. The second-order valence-electron chi connectivity index (χ2n) is 5.19. The standard InChI is InChI=1S/C17H24N2O5/c1-13(20)19(10-6-12-23-2)11-9-16(21)18-15-8-5-4-7-14(15)17(22)24-3/h4-5,7-8H,6,9-12H2,1-3H3,(H,18,21). The van der Waals surface area contributed by atoms with Crippen LogP contribution in [0.5, 0.6) is 0 Å². The fourth-order valence-corrected chi connectivity index (χ4v) is 2.16. The van der Waals surface area contributed by atoms with Gasteiger partial charge in [-0.2, -0.15) is 0 Å². The van der Waals surface area contributed by atoms with Crippen LogP contribution in [-0.4, -0.2) is 56.6 Å². The Hall–Kier alpha value is -2.41. The van der Waals surface area contributed by atoms with Crippen molar-refractivity contribution in [2.75, 3.05) is 39.2 Å². The lowest BCUT2D eigenvalue weighted by Gasteiger charge is -2.20. The van der Waals surface area contributed by atoms with E-state index in [2.05, 4.69) is 10.1 Å². The zero-order chi connectivity index (χ0) is 17.9. The predicted octanol–water partition coefficient (Wildman–Crippen LogP) is 1.69. The Morgan fingerprint density at radius 3 is 2.46 bits per heavy atom. The van der Waals surface area contributed by atoms with Crippen LogP contribution >= 0.6 is 0 Å². The second kappa shape index (κ2) is 10.4. The first-order valence-corrected chi connectivity index (χ1v) is 7.71. The summed E-state index contributed by atoms with van der Waals surface area (Å²) < 4.78 is 9.65. The van der Waals surface area contributed by atoms with E-state index in [9.17, 15) is 14.4 Å². The van der Waals surface area contributed by atoms with Crippen LogP contribution in [0.4, 0.5) is 5.69 Å². The molecule has 0 heterocycles. The number of amides is 2. The minimum absolute atomic E-state index is 0.0890. The van der Waals surface area contributed by atoms with E-state index >= 15 is 0 Å². The Balaban J connectivity index is 2.59. The van der Waals surface area contributed by atoms with E-state index < -0.39 is 5.97 Å². The van der Waals surface area contributed by atoms with E-state index in [1.54, 1.807) is 36.3 Å². The van der Waals surface area contributed by atoms with Crippen LogP contribution in [0.15, 0.2) is 24.3 Å². The summed E-state index contributed by atoms with van der Waals surface area (Å²) in [6.07, 6.45) is 0.852. The van der Waals surface area contributed by atoms with Crippen molar-refractivity contribution in [2.45, 2.75) is 19.8 Å². The number of rotatable bonds is 9. The monoisotopic (exact) mass is 336 g/mol. The van der Waals surface area contributed by atoms with Crippen LogP contribution < -0.4 is 5.32 Å². The van der Waals surface area contributed by atoms with E-state index in [0.29, 0.717) is 31.8 Å². The molecule has 1 N–H and O–H groups in total. The van der Waals surface area contributed by atoms with Crippen LogP contribution in [0.2, 0.25) is 0 Å². The number of para-hydroxylation sites is 1. The zero-order valence-corrected chi connectivity index (χ0v) is 14.3. The molecule has 0 aliphatic carbocycles. The molecule has 132 valence electrons. The molecule has 0 saturated heterocycles. The van der Waals surface area contributed by atoms with E-state index in [1.165, 1.54) is 14.0 Å². The molecule has 1 rings (SSSR count). The number of methoxy groups -OCH3 is 2. The third-order valence-electron chi connectivity index (χ3n) is 3.44. The molecule has 0 bridgehead atoms. The lowest BCUT2D eigenvalue weighted by Crippen LogP contribution is -2.33. The fraction of sp³-hybridized carbons (Fsp3) is 0.471. The number of anilines is 1. The maximum absolute atomic E-state index is 12.1. The molecule has 0 radical (unpaired) electrons. The van der Waals surface area contributed by atoms with Gasteiger partial charge in [0.15, 0.2) is 0 Å². The first kappa shape index (κ1) is 19.6. The zero-order valence-electron chi connectivity index (χ0n) is 14.3. The van der Waals surface area contributed by atoms with E-state index in [4.69, 9.17) is 4.74 Å². The Morgan fingerprint density at radius 2 is 1.83 bits per heavy atom. The van der Waals surface area contributed by atoms with Gasteiger partial charge in [-0.3, -0.25) is 9.59 Å². The predicted molar refractivity (Wildman–Crippen MR) is 89.8 cm³/mol. The van der Waals surface area contributed by atoms with Gasteiger partial charge >= 0.3 is 5.97 Å². The molecule has 7 heteroatoms. The maximum atomic E-state index is 12.1. The molecule has 24 heavy (non-hydrogen) atoms. The minimum atomic E-state index is -0.518. The van der Waals surface area contributed by atoms with Crippen LogP contribution in [0.1, 0.15) is 30.1 Å². The highest BCUT2D eigenvalue weighted by Gasteiger charge is 2.15. The number of esters is 1. The van der Waals surface area contributed by atoms with Gasteiger partial charge < -0.3 is 19.7 Å². The van der Waals surface area contributed by atoms with Gasteiger partial charge in [0.25, 0.3) is 0 Å². The molecular weight excluding hydrogens is 312 g/mol. The number of carbonyl (C=O) groups excluding carboxylic acids is 3. The lowest BCUT2D eigenvalue weighted by molar-refractivity contribution is -0.129. The molecule has 1 aromatic carbocycles. The number of nitrogens with zero attached hydrogens (tertiary/aromatic N) is 1. The topological polar surface area (TPSA) is 84.9 Å². The highest BCUT2D eigenvalue weighted by atomic mass is 16.5. The van der Waals surface area contributed by atoms with Gasteiger partial charge in [-0.1, -0.05) is 12.1 Å². The summed E-state index contributed by atoms with van der Waals surface area (Å²) in [6.45, 7) is 2.88. The van der Waals surface area contributed by atoms with Gasteiger partial charge in [0, 0.05) is 40.2 Å². The molecule has 2 amide bonds. The average molecular weight is 336 g/mol. The van der Waals surface area contributed by atoms with Crippen molar-refractivity contribution >= 4 is 23.5 Å².